The third-order valence-electron chi connectivity index (χ3n) is 12.7. The first-order valence-electron chi connectivity index (χ1n) is 25.1. The van der Waals surface area contributed by atoms with Gasteiger partial charge in [-0.25, -0.2) is 0 Å². The highest BCUT2D eigenvalue weighted by molar-refractivity contribution is 5.76. The second kappa shape index (κ2) is 33.8. The van der Waals surface area contributed by atoms with Crippen molar-refractivity contribution in [3.05, 3.63) is 24.3 Å². The lowest BCUT2D eigenvalue weighted by Gasteiger charge is -2.48. The van der Waals surface area contributed by atoms with Crippen molar-refractivity contribution in [2.24, 2.45) is 0 Å². The van der Waals surface area contributed by atoms with Gasteiger partial charge in [-0.3, -0.25) is 4.79 Å². The van der Waals surface area contributed by atoms with Crippen LogP contribution in [0.4, 0.5) is 0 Å². The van der Waals surface area contributed by atoms with Crippen LogP contribution in [0.3, 0.4) is 0 Å². The average Bonchev–Trinajstić information content (AvgIpc) is 3.32. The van der Waals surface area contributed by atoms with E-state index < -0.39 is 124 Å². The predicted octanol–water partition coefficient (Wildman–Crippen LogP) is 1.25. The summed E-state index contributed by atoms with van der Waals surface area (Å²) in [5.41, 5.74) is 0. The molecule has 17 atom stereocenters. The summed E-state index contributed by atoms with van der Waals surface area (Å²) in [6.07, 6.45) is 2.02. The highest BCUT2D eigenvalue weighted by Crippen LogP contribution is 2.33. The van der Waals surface area contributed by atoms with Gasteiger partial charge in [0, 0.05) is 6.42 Å². The molecule has 3 heterocycles. The van der Waals surface area contributed by atoms with Gasteiger partial charge in [-0.2, -0.15) is 0 Å². The Kier molecular flexibility index (Phi) is 30.0. The summed E-state index contributed by atoms with van der Waals surface area (Å²) in [6, 6.07) is -0.970. The summed E-state index contributed by atoms with van der Waals surface area (Å²) in [5, 5.41) is 119. The second-order valence-corrected chi connectivity index (χ2v) is 18.3. The van der Waals surface area contributed by atoms with Gasteiger partial charge >= 0.3 is 0 Å². The molecule has 19 heteroatoms. The molecule has 0 bridgehead atoms. The van der Waals surface area contributed by atoms with E-state index in [0.29, 0.717) is 6.42 Å². The maximum absolute atomic E-state index is 13.2. The van der Waals surface area contributed by atoms with Crippen LogP contribution in [0, 0.1) is 0 Å². The van der Waals surface area contributed by atoms with E-state index in [2.05, 4.69) is 31.3 Å². The van der Waals surface area contributed by atoms with E-state index in [1.54, 1.807) is 6.08 Å². The summed E-state index contributed by atoms with van der Waals surface area (Å²) < 4.78 is 34.0. The van der Waals surface area contributed by atoms with E-state index in [1.165, 1.54) is 51.4 Å². The van der Waals surface area contributed by atoms with Crippen LogP contribution in [0.1, 0.15) is 142 Å². The fourth-order valence-electron chi connectivity index (χ4n) is 8.48. The van der Waals surface area contributed by atoms with E-state index in [1.807, 2.05) is 6.08 Å². The lowest BCUT2D eigenvalue weighted by molar-refractivity contribution is -0.379. The van der Waals surface area contributed by atoms with Crippen LogP contribution in [0.2, 0.25) is 0 Å². The van der Waals surface area contributed by atoms with E-state index in [0.717, 1.165) is 64.2 Å². The summed E-state index contributed by atoms with van der Waals surface area (Å²) in [7, 11) is 0. The maximum Gasteiger partial charge on any atom is 0.220 e. The topological polar surface area (TPSA) is 307 Å². The lowest BCUT2D eigenvalue weighted by atomic mass is 9.96. The normalized spacial score (nSPS) is 33.7. The molecule has 0 aromatic rings. The first kappa shape index (κ1) is 59.6. The van der Waals surface area contributed by atoms with Gasteiger partial charge < -0.3 is 89.9 Å². The van der Waals surface area contributed by atoms with Gasteiger partial charge in [-0.1, -0.05) is 115 Å². The molecule has 3 fully saturated rings. The van der Waals surface area contributed by atoms with Crippen molar-refractivity contribution in [2.75, 3.05) is 26.4 Å². The Morgan fingerprint density at radius 2 is 0.940 bits per heavy atom. The molecule has 392 valence electrons. The van der Waals surface area contributed by atoms with Crippen LogP contribution in [-0.4, -0.2) is 193 Å². The number of aliphatic hydroxyl groups excluding tert-OH is 11. The fourth-order valence-corrected chi connectivity index (χ4v) is 8.48. The quantitative estimate of drug-likeness (QED) is 0.0319. The standard InChI is InChI=1S/C48H87NO18/c1-3-5-7-9-11-13-14-15-16-18-20-22-24-26-36(54)49-31(32(53)25-23-21-19-17-12-10-8-6-4-2)30-62-46-42(60)39(57)44(34(28-51)64-46)67-48-43(61)40(58)45(35(29-52)65-48)66-47-41(59)38(56)37(55)33(27-50)63-47/h13-14,23,25,31-35,37-48,50-53,55-61H,3-12,15-22,24,26-30H2,1-2H3,(H,49,54)/b14-13-,25-23+. The molecule has 3 aliphatic rings. The van der Waals surface area contributed by atoms with Crippen LogP contribution < -0.4 is 5.32 Å². The van der Waals surface area contributed by atoms with E-state index in [-0.39, 0.29) is 18.9 Å². The van der Waals surface area contributed by atoms with Gasteiger partial charge in [0.1, 0.15) is 73.2 Å². The molecule has 3 aliphatic heterocycles. The molecule has 0 saturated carbocycles. The average molecular weight is 966 g/mol. The van der Waals surface area contributed by atoms with Gasteiger partial charge in [0.25, 0.3) is 0 Å². The summed E-state index contributed by atoms with van der Waals surface area (Å²) >= 11 is 0. The minimum absolute atomic E-state index is 0.233. The number of carbonyl (C=O) groups excluding carboxylic acids is 1. The summed E-state index contributed by atoms with van der Waals surface area (Å²) in [5.74, 6) is -0.291. The van der Waals surface area contributed by atoms with Gasteiger partial charge in [0.05, 0.1) is 38.6 Å². The molecule has 0 radical (unpaired) electrons. The molecule has 17 unspecified atom stereocenters. The van der Waals surface area contributed by atoms with Crippen molar-refractivity contribution in [3.8, 4) is 0 Å². The summed E-state index contributed by atoms with van der Waals surface area (Å²) in [6.45, 7) is 1.61. The van der Waals surface area contributed by atoms with Crippen LogP contribution in [0.15, 0.2) is 24.3 Å². The Balaban J connectivity index is 1.57. The summed E-state index contributed by atoms with van der Waals surface area (Å²) in [4.78, 5) is 13.2. The first-order chi connectivity index (χ1) is 32.3. The Hall–Kier alpha value is -1.73. The zero-order valence-corrected chi connectivity index (χ0v) is 39.9. The minimum Gasteiger partial charge on any atom is -0.394 e. The Labute approximate surface area is 397 Å². The molecule has 0 aliphatic carbocycles. The number of hydrogen-bond donors (Lipinski definition) is 12. The minimum atomic E-state index is -1.97. The zero-order valence-electron chi connectivity index (χ0n) is 39.9. The predicted molar refractivity (Wildman–Crippen MR) is 245 cm³/mol. The highest BCUT2D eigenvalue weighted by atomic mass is 16.8. The first-order valence-corrected chi connectivity index (χ1v) is 25.1. The van der Waals surface area contributed by atoms with Crippen molar-refractivity contribution in [1.29, 1.82) is 0 Å². The monoisotopic (exact) mass is 966 g/mol. The molecule has 3 saturated heterocycles. The number of unbranched alkanes of at least 4 members (excludes halogenated alkanes) is 16. The molecule has 0 aromatic carbocycles. The molecular weight excluding hydrogens is 879 g/mol. The van der Waals surface area contributed by atoms with Crippen LogP contribution in [0.25, 0.3) is 0 Å². The number of hydrogen-bond acceptors (Lipinski definition) is 18. The molecule has 3 rings (SSSR count). The maximum atomic E-state index is 13.2. The third kappa shape index (κ3) is 20.1. The highest BCUT2D eigenvalue weighted by Gasteiger charge is 2.53. The Bertz CT molecular complexity index is 1340. The van der Waals surface area contributed by atoms with E-state index in [4.69, 9.17) is 28.4 Å². The van der Waals surface area contributed by atoms with Gasteiger partial charge in [-0.15, -0.1) is 0 Å². The number of nitrogens with one attached hydrogen (secondary N) is 1. The Morgan fingerprint density at radius 3 is 1.46 bits per heavy atom. The van der Waals surface area contributed by atoms with Crippen molar-refractivity contribution >= 4 is 5.91 Å². The number of allylic oxidation sites excluding steroid dienone is 3. The number of ether oxygens (including phenoxy) is 6. The number of amides is 1. The number of rotatable bonds is 34. The van der Waals surface area contributed by atoms with E-state index >= 15 is 0 Å². The van der Waals surface area contributed by atoms with Crippen molar-refractivity contribution in [1.82, 2.24) is 5.32 Å². The second-order valence-electron chi connectivity index (χ2n) is 18.3. The van der Waals surface area contributed by atoms with Crippen LogP contribution in [-0.2, 0) is 33.2 Å². The van der Waals surface area contributed by atoms with Crippen molar-refractivity contribution in [3.63, 3.8) is 0 Å². The largest absolute Gasteiger partial charge is 0.394 e. The molecule has 67 heavy (non-hydrogen) atoms. The smallest absolute Gasteiger partial charge is 0.220 e. The third-order valence-corrected chi connectivity index (χ3v) is 12.7. The van der Waals surface area contributed by atoms with Crippen LogP contribution in [0.5, 0.6) is 0 Å². The fraction of sp³-hybridized carbons (Fsp3) is 0.896. The molecule has 19 nitrogen and oxygen atoms in total. The number of carbonyl (C=O) groups is 1. The van der Waals surface area contributed by atoms with Gasteiger partial charge in [0.2, 0.25) is 5.91 Å². The Morgan fingerprint density at radius 1 is 0.522 bits per heavy atom. The zero-order chi connectivity index (χ0) is 49.1. The molecule has 0 spiro atoms. The SMILES string of the molecule is CCCCCC/C=C\CCCCCCCC(=O)NC(COC1OC(CO)C(OC2OC(CO)C(OC3OC(CO)C(O)C(O)C3O)C(O)C2O)C(O)C1O)C(O)/C=C/CCCCCCCCC. The molecule has 0 aromatic heterocycles. The van der Waals surface area contributed by atoms with Gasteiger partial charge in [0.15, 0.2) is 18.9 Å². The molecule has 12 N–H and O–H groups in total. The van der Waals surface area contributed by atoms with Crippen molar-refractivity contribution in [2.45, 2.75) is 247 Å². The number of aliphatic hydroxyl groups is 11. The lowest BCUT2D eigenvalue weighted by Crippen LogP contribution is -2.66. The molecule has 1 amide bonds. The van der Waals surface area contributed by atoms with Crippen molar-refractivity contribution < 1.29 is 89.4 Å². The molecular formula is C48H87NO18. The van der Waals surface area contributed by atoms with E-state index in [9.17, 15) is 61.0 Å². The van der Waals surface area contributed by atoms with Gasteiger partial charge in [-0.05, 0) is 44.9 Å². The van der Waals surface area contributed by atoms with Crippen LogP contribution >= 0.6 is 0 Å².